The highest BCUT2D eigenvalue weighted by molar-refractivity contribution is 6.31. The third kappa shape index (κ3) is 4.11. The van der Waals surface area contributed by atoms with Gasteiger partial charge >= 0.3 is 0 Å². The number of benzene rings is 2. The summed E-state index contributed by atoms with van der Waals surface area (Å²) in [6.07, 6.45) is 0. The second kappa shape index (κ2) is 7.01. The molecule has 0 fully saturated rings. The summed E-state index contributed by atoms with van der Waals surface area (Å²) < 4.78 is 0. The maximum Gasteiger partial charge on any atom is 0.283 e. The normalized spacial score (nSPS) is 11.2. The third-order valence-electron chi connectivity index (χ3n) is 3.63. The molecule has 1 amide bonds. The van der Waals surface area contributed by atoms with Crippen LogP contribution in [0.1, 0.15) is 36.7 Å². The predicted octanol–water partition coefficient (Wildman–Crippen LogP) is 4.69. The Kier molecular flexibility index (Phi) is 5.24. The van der Waals surface area contributed by atoms with Crippen LogP contribution in [0.15, 0.2) is 48.5 Å². The lowest BCUT2D eigenvalue weighted by atomic mass is 10.0. The van der Waals surface area contributed by atoms with Crippen LogP contribution in [-0.2, 0) is 6.54 Å². The zero-order valence-electron chi connectivity index (χ0n) is 13.8. The number of nitrogens with zero attached hydrogens (tertiary/aromatic N) is 2. The van der Waals surface area contributed by atoms with Crippen LogP contribution in [0.25, 0.3) is 0 Å². The fourth-order valence-electron chi connectivity index (χ4n) is 2.36. The van der Waals surface area contributed by atoms with Gasteiger partial charge in [-0.2, -0.15) is 0 Å². The van der Waals surface area contributed by atoms with E-state index in [0.29, 0.717) is 6.54 Å². The second-order valence-corrected chi connectivity index (χ2v) is 6.90. The second-order valence-electron chi connectivity index (χ2n) is 6.47. The van der Waals surface area contributed by atoms with Gasteiger partial charge in [-0.05, 0) is 38.5 Å². The standard InChI is InChI=1S/C18H19ClN2O3/c1-18(2,3)20(12-13-7-5-4-6-8-13)17(22)15-10-9-14(19)11-16(15)21(23)24/h4-11H,12H2,1-3H3. The van der Waals surface area contributed by atoms with E-state index in [1.165, 1.54) is 18.2 Å². The molecule has 2 aromatic rings. The highest BCUT2D eigenvalue weighted by atomic mass is 35.5. The van der Waals surface area contributed by atoms with E-state index < -0.39 is 16.4 Å². The Morgan fingerprint density at radius 3 is 2.33 bits per heavy atom. The van der Waals surface area contributed by atoms with Crippen molar-refractivity contribution in [3.05, 3.63) is 74.8 Å². The van der Waals surface area contributed by atoms with E-state index in [9.17, 15) is 14.9 Å². The quantitative estimate of drug-likeness (QED) is 0.596. The third-order valence-corrected chi connectivity index (χ3v) is 3.86. The van der Waals surface area contributed by atoms with Crippen LogP contribution in [-0.4, -0.2) is 21.3 Å². The molecule has 0 radical (unpaired) electrons. The van der Waals surface area contributed by atoms with Crippen LogP contribution < -0.4 is 0 Å². The van der Waals surface area contributed by atoms with Gasteiger partial charge in [0, 0.05) is 23.2 Å². The van der Waals surface area contributed by atoms with Crippen molar-refractivity contribution >= 4 is 23.2 Å². The average Bonchev–Trinajstić information content (AvgIpc) is 2.51. The maximum absolute atomic E-state index is 13.0. The van der Waals surface area contributed by atoms with Gasteiger partial charge in [0.1, 0.15) is 5.56 Å². The molecule has 2 aromatic carbocycles. The molecule has 0 N–H and O–H groups in total. The average molecular weight is 347 g/mol. The van der Waals surface area contributed by atoms with Crippen LogP contribution in [0.4, 0.5) is 5.69 Å². The summed E-state index contributed by atoms with van der Waals surface area (Å²) in [5.41, 5.74) is 0.211. The summed E-state index contributed by atoms with van der Waals surface area (Å²) in [6, 6.07) is 13.6. The fraction of sp³-hybridized carbons (Fsp3) is 0.278. The monoisotopic (exact) mass is 346 g/mol. The van der Waals surface area contributed by atoms with Crippen LogP contribution in [0.3, 0.4) is 0 Å². The molecule has 24 heavy (non-hydrogen) atoms. The van der Waals surface area contributed by atoms with Crippen molar-refractivity contribution in [2.24, 2.45) is 0 Å². The molecule has 0 unspecified atom stereocenters. The molecule has 0 aliphatic carbocycles. The number of carbonyl (C=O) groups is 1. The van der Waals surface area contributed by atoms with Crippen LogP contribution in [0.2, 0.25) is 5.02 Å². The van der Waals surface area contributed by atoms with Gasteiger partial charge in [-0.15, -0.1) is 0 Å². The SMILES string of the molecule is CC(C)(C)N(Cc1ccccc1)C(=O)c1ccc(Cl)cc1[N+](=O)[O-]. The molecule has 126 valence electrons. The predicted molar refractivity (Wildman–Crippen MR) is 94.2 cm³/mol. The van der Waals surface area contributed by atoms with Crippen molar-refractivity contribution in [1.82, 2.24) is 4.90 Å². The highest BCUT2D eigenvalue weighted by Gasteiger charge is 2.31. The zero-order chi connectivity index (χ0) is 17.9. The van der Waals surface area contributed by atoms with Crippen molar-refractivity contribution in [3.8, 4) is 0 Å². The lowest BCUT2D eigenvalue weighted by Gasteiger charge is -2.36. The fourth-order valence-corrected chi connectivity index (χ4v) is 2.53. The Morgan fingerprint density at radius 2 is 1.79 bits per heavy atom. The minimum Gasteiger partial charge on any atom is -0.329 e. The topological polar surface area (TPSA) is 63.5 Å². The van der Waals surface area contributed by atoms with Crippen LogP contribution in [0.5, 0.6) is 0 Å². The summed E-state index contributed by atoms with van der Waals surface area (Å²) in [4.78, 5) is 25.3. The molecule has 5 nitrogen and oxygen atoms in total. The molecule has 0 saturated carbocycles. The smallest absolute Gasteiger partial charge is 0.283 e. The Bertz CT molecular complexity index is 755. The van der Waals surface area contributed by atoms with Crippen molar-refractivity contribution in [2.45, 2.75) is 32.9 Å². The lowest BCUT2D eigenvalue weighted by Crippen LogP contribution is -2.45. The van der Waals surface area contributed by atoms with Gasteiger partial charge in [0.15, 0.2) is 0 Å². The number of halogens is 1. The first-order chi connectivity index (χ1) is 11.2. The molecule has 0 saturated heterocycles. The molecule has 0 heterocycles. The van der Waals surface area contributed by atoms with Gasteiger partial charge in [-0.3, -0.25) is 14.9 Å². The highest BCUT2D eigenvalue weighted by Crippen LogP contribution is 2.28. The zero-order valence-corrected chi connectivity index (χ0v) is 14.6. The number of nitro benzene ring substituents is 1. The summed E-state index contributed by atoms with van der Waals surface area (Å²) in [7, 11) is 0. The van der Waals surface area contributed by atoms with Gasteiger partial charge in [0.05, 0.1) is 4.92 Å². The molecule has 0 aliphatic rings. The van der Waals surface area contributed by atoms with Gasteiger partial charge in [-0.25, -0.2) is 0 Å². The van der Waals surface area contributed by atoms with E-state index in [4.69, 9.17) is 11.6 Å². The van der Waals surface area contributed by atoms with Crippen molar-refractivity contribution < 1.29 is 9.72 Å². The number of amides is 1. The Labute approximate surface area is 146 Å². The molecule has 0 atom stereocenters. The Balaban J connectivity index is 2.44. The maximum atomic E-state index is 13.0. The summed E-state index contributed by atoms with van der Waals surface area (Å²) >= 11 is 5.84. The molecule has 2 rings (SSSR count). The number of nitro groups is 1. The van der Waals surface area contributed by atoms with Crippen molar-refractivity contribution in [2.75, 3.05) is 0 Å². The van der Waals surface area contributed by atoms with Crippen molar-refractivity contribution in [3.63, 3.8) is 0 Å². The van der Waals surface area contributed by atoms with Crippen LogP contribution >= 0.6 is 11.6 Å². The number of rotatable bonds is 4. The molecule has 6 heteroatoms. The molecular weight excluding hydrogens is 328 g/mol. The summed E-state index contributed by atoms with van der Waals surface area (Å²) in [5, 5.41) is 11.5. The molecule has 0 aliphatic heterocycles. The van der Waals surface area contributed by atoms with Crippen LogP contribution in [0, 0.1) is 10.1 Å². The number of carbonyl (C=O) groups excluding carboxylic acids is 1. The van der Waals surface area contributed by atoms with E-state index >= 15 is 0 Å². The van der Waals surface area contributed by atoms with Crippen molar-refractivity contribution in [1.29, 1.82) is 0 Å². The first-order valence-electron chi connectivity index (χ1n) is 7.50. The molecule has 0 spiro atoms. The number of hydrogen-bond donors (Lipinski definition) is 0. The molecular formula is C18H19ClN2O3. The van der Waals surface area contributed by atoms with E-state index in [-0.39, 0.29) is 16.3 Å². The largest absolute Gasteiger partial charge is 0.329 e. The Morgan fingerprint density at radius 1 is 1.17 bits per heavy atom. The van der Waals surface area contributed by atoms with Gasteiger partial charge < -0.3 is 4.90 Å². The summed E-state index contributed by atoms with van der Waals surface area (Å²) in [5.74, 6) is -0.394. The van der Waals surface area contributed by atoms with Gasteiger partial charge in [-0.1, -0.05) is 41.9 Å². The van der Waals surface area contributed by atoms with E-state index in [1.807, 2.05) is 51.1 Å². The number of hydrogen-bond acceptors (Lipinski definition) is 3. The summed E-state index contributed by atoms with van der Waals surface area (Å²) in [6.45, 7) is 6.06. The minimum atomic E-state index is -0.581. The first-order valence-corrected chi connectivity index (χ1v) is 7.88. The van der Waals surface area contributed by atoms with E-state index in [0.717, 1.165) is 5.56 Å². The molecule has 0 bridgehead atoms. The molecule has 0 aromatic heterocycles. The van der Waals surface area contributed by atoms with E-state index in [2.05, 4.69) is 0 Å². The first kappa shape index (κ1) is 17.9. The minimum absolute atomic E-state index is 0.0373. The van der Waals surface area contributed by atoms with Gasteiger partial charge in [0.25, 0.3) is 11.6 Å². The van der Waals surface area contributed by atoms with Gasteiger partial charge in [0.2, 0.25) is 0 Å². The van der Waals surface area contributed by atoms with E-state index in [1.54, 1.807) is 4.90 Å². The Hall–Kier alpha value is -2.40. The lowest BCUT2D eigenvalue weighted by molar-refractivity contribution is -0.385.